The third-order valence-corrected chi connectivity index (χ3v) is 10.2. The summed E-state index contributed by atoms with van der Waals surface area (Å²) < 4.78 is 56.1. The summed E-state index contributed by atoms with van der Waals surface area (Å²) in [6, 6.07) is 20.5. The monoisotopic (exact) mass is 605 g/mol. The summed E-state index contributed by atoms with van der Waals surface area (Å²) in [5.74, 6) is -0.567. The van der Waals surface area contributed by atoms with E-state index in [1.165, 1.54) is 40.7 Å². The molecule has 1 aliphatic rings. The van der Waals surface area contributed by atoms with E-state index in [0.717, 1.165) is 30.0 Å². The van der Waals surface area contributed by atoms with Crippen molar-refractivity contribution >= 4 is 53.3 Å². The van der Waals surface area contributed by atoms with Crippen molar-refractivity contribution in [1.82, 2.24) is 4.31 Å². The van der Waals surface area contributed by atoms with E-state index in [2.05, 4.69) is 21.2 Å². The van der Waals surface area contributed by atoms with Crippen LogP contribution in [0.2, 0.25) is 0 Å². The van der Waals surface area contributed by atoms with Crippen molar-refractivity contribution in [2.24, 2.45) is 0 Å². The van der Waals surface area contributed by atoms with E-state index in [-0.39, 0.29) is 9.79 Å². The molecule has 1 amide bonds. The molecule has 3 aromatic carbocycles. The molecule has 37 heavy (non-hydrogen) atoms. The Balaban J connectivity index is 1.53. The largest absolute Gasteiger partial charge is 0.325 e. The lowest BCUT2D eigenvalue weighted by atomic mass is 10.2. The smallest absolute Gasteiger partial charge is 0.264 e. The fourth-order valence-corrected chi connectivity index (χ4v) is 7.48. The summed E-state index contributed by atoms with van der Waals surface area (Å²) in [5.41, 5.74) is 0.693. The second-order valence-electron chi connectivity index (χ2n) is 8.70. The van der Waals surface area contributed by atoms with Gasteiger partial charge in [-0.25, -0.2) is 16.8 Å². The number of benzene rings is 3. The lowest BCUT2D eigenvalue weighted by molar-refractivity contribution is -0.114. The Hall–Kier alpha value is -2.73. The summed E-state index contributed by atoms with van der Waals surface area (Å²) in [4.78, 5) is 13.2. The zero-order chi connectivity index (χ0) is 26.5. The highest BCUT2D eigenvalue weighted by molar-refractivity contribution is 9.10. The van der Waals surface area contributed by atoms with Crippen LogP contribution in [-0.2, 0) is 24.8 Å². The molecule has 3 aromatic rings. The van der Waals surface area contributed by atoms with E-state index in [1.807, 2.05) is 0 Å². The molecule has 1 N–H and O–H groups in total. The van der Waals surface area contributed by atoms with Gasteiger partial charge in [-0.05, 0) is 67.4 Å². The van der Waals surface area contributed by atoms with Gasteiger partial charge in [-0.1, -0.05) is 53.0 Å². The van der Waals surface area contributed by atoms with Crippen LogP contribution in [0.1, 0.15) is 25.7 Å². The molecule has 196 valence electrons. The molecule has 0 saturated carbocycles. The fourth-order valence-electron chi connectivity index (χ4n) is 4.14. The molecule has 11 heteroatoms. The number of rotatable bonds is 8. The second kappa shape index (κ2) is 11.8. The van der Waals surface area contributed by atoms with Crippen LogP contribution in [0.25, 0.3) is 0 Å². The van der Waals surface area contributed by atoms with E-state index in [1.54, 1.807) is 42.5 Å². The molecule has 8 nitrogen and oxygen atoms in total. The maximum Gasteiger partial charge on any atom is 0.264 e. The second-order valence-corrected chi connectivity index (χ2v) is 13.4. The highest BCUT2D eigenvalue weighted by Crippen LogP contribution is 2.27. The number of nitrogens with zero attached hydrogens (tertiary/aromatic N) is 2. The minimum Gasteiger partial charge on any atom is -0.325 e. The molecule has 1 heterocycles. The lowest BCUT2D eigenvalue weighted by Gasteiger charge is -2.24. The number of hydrogen-bond acceptors (Lipinski definition) is 5. The molecular weight excluding hydrogens is 578 g/mol. The summed E-state index contributed by atoms with van der Waals surface area (Å²) in [6.45, 7) is 0.534. The van der Waals surface area contributed by atoms with Crippen LogP contribution >= 0.6 is 15.9 Å². The Morgan fingerprint density at radius 2 is 1.46 bits per heavy atom. The Bertz CT molecular complexity index is 1440. The number of sulfonamides is 2. The fraction of sp³-hybridized carbons (Fsp3) is 0.269. The Labute approximate surface area is 226 Å². The minimum absolute atomic E-state index is 0.0610. The van der Waals surface area contributed by atoms with Gasteiger partial charge in [-0.2, -0.15) is 4.31 Å². The molecule has 0 spiro atoms. The van der Waals surface area contributed by atoms with E-state index >= 15 is 0 Å². The van der Waals surface area contributed by atoms with Gasteiger partial charge in [0.05, 0.1) is 15.5 Å². The zero-order valence-corrected chi connectivity index (χ0v) is 23.3. The zero-order valence-electron chi connectivity index (χ0n) is 20.1. The number of hydrogen-bond donors (Lipinski definition) is 1. The number of amides is 1. The van der Waals surface area contributed by atoms with Crippen LogP contribution in [-0.4, -0.2) is 46.7 Å². The third kappa shape index (κ3) is 6.59. The maximum atomic E-state index is 13.4. The van der Waals surface area contributed by atoms with Crippen molar-refractivity contribution in [1.29, 1.82) is 0 Å². The van der Waals surface area contributed by atoms with Gasteiger partial charge in [0, 0.05) is 23.2 Å². The Kier molecular flexibility index (Phi) is 8.68. The van der Waals surface area contributed by atoms with Gasteiger partial charge >= 0.3 is 0 Å². The minimum atomic E-state index is -4.03. The quantitative estimate of drug-likeness (QED) is 0.395. The van der Waals surface area contributed by atoms with Gasteiger partial charge in [0.15, 0.2) is 0 Å². The number of carbonyl (C=O) groups is 1. The van der Waals surface area contributed by atoms with Crippen LogP contribution in [0.5, 0.6) is 0 Å². The standard InChI is InChI=1S/C26H28BrN3O5S2/c27-21-9-8-10-23(19-21)30(37(34,35)24-11-4-3-5-12-24)20-26(31)28-22-13-15-25(16-14-22)36(32,33)29-17-6-1-2-7-18-29/h3-5,8-16,19H,1-2,6-7,17-18,20H2,(H,28,31). The van der Waals surface area contributed by atoms with Crippen LogP contribution in [0.3, 0.4) is 0 Å². The average Bonchev–Trinajstić information content (AvgIpc) is 3.18. The van der Waals surface area contributed by atoms with Gasteiger partial charge in [0.25, 0.3) is 10.0 Å². The van der Waals surface area contributed by atoms with Crippen LogP contribution in [0.15, 0.2) is 93.1 Å². The molecule has 1 fully saturated rings. The predicted octanol–water partition coefficient (Wildman–Crippen LogP) is 4.85. The maximum absolute atomic E-state index is 13.4. The SMILES string of the molecule is O=C(CN(c1cccc(Br)c1)S(=O)(=O)c1ccccc1)Nc1ccc(S(=O)(=O)N2CCCCCC2)cc1. The van der Waals surface area contributed by atoms with Gasteiger partial charge in [-0.15, -0.1) is 0 Å². The van der Waals surface area contributed by atoms with E-state index in [9.17, 15) is 21.6 Å². The lowest BCUT2D eigenvalue weighted by Crippen LogP contribution is -2.38. The Morgan fingerprint density at radius 3 is 2.08 bits per heavy atom. The Morgan fingerprint density at radius 1 is 0.811 bits per heavy atom. The molecule has 0 aliphatic carbocycles. The van der Waals surface area contributed by atoms with Gasteiger partial charge in [0.2, 0.25) is 15.9 Å². The molecule has 0 unspecified atom stereocenters. The topological polar surface area (TPSA) is 104 Å². The summed E-state index contributed by atoms with van der Waals surface area (Å²) in [7, 11) is -7.64. The highest BCUT2D eigenvalue weighted by atomic mass is 79.9. The van der Waals surface area contributed by atoms with Crippen molar-refractivity contribution in [2.75, 3.05) is 29.3 Å². The van der Waals surface area contributed by atoms with Crippen molar-refractivity contribution in [3.63, 3.8) is 0 Å². The molecular formula is C26H28BrN3O5S2. The first-order valence-corrected chi connectivity index (χ1v) is 15.6. The van der Waals surface area contributed by atoms with Gasteiger partial charge < -0.3 is 5.32 Å². The molecule has 4 rings (SSSR count). The van der Waals surface area contributed by atoms with Gasteiger partial charge in [0.1, 0.15) is 6.54 Å². The highest BCUT2D eigenvalue weighted by Gasteiger charge is 2.28. The van der Waals surface area contributed by atoms with Crippen LogP contribution in [0.4, 0.5) is 11.4 Å². The van der Waals surface area contributed by atoms with E-state index in [0.29, 0.717) is 28.9 Å². The normalized spacial score (nSPS) is 15.1. The first kappa shape index (κ1) is 27.3. The van der Waals surface area contributed by atoms with E-state index in [4.69, 9.17) is 0 Å². The summed E-state index contributed by atoms with van der Waals surface area (Å²) in [6.07, 6.45) is 3.73. The third-order valence-electron chi connectivity index (χ3n) is 6.06. The predicted molar refractivity (Wildman–Crippen MR) is 147 cm³/mol. The number of nitrogens with one attached hydrogen (secondary N) is 1. The molecule has 0 atom stereocenters. The van der Waals surface area contributed by atoms with Crippen molar-refractivity contribution in [2.45, 2.75) is 35.5 Å². The van der Waals surface area contributed by atoms with Crippen molar-refractivity contribution < 1.29 is 21.6 Å². The molecule has 1 aliphatic heterocycles. The molecule has 0 aromatic heterocycles. The van der Waals surface area contributed by atoms with Crippen molar-refractivity contribution in [3.05, 3.63) is 83.3 Å². The summed E-state index contributed by atoms with van der Waals surface area (Å²) in [5, 5.41) is 2.68. The number of anilines is 2. The molecule has 0 bridgehead atoms. The number of halogens is 1. The first-order valence-electron chi connectivity index (χ1n) is 11.9. The average molecular weight is 607 g/mol. The number of carbonyl (C=O) groups excluding carboxylic acids is 1. The molecule has 0 radical (unpaired) electrons. The van der Waals surface area contributed by atoms with Crippen molar-refractivity contribution in [3.8, 4) is 0 Å². The molecule has 1 saturated heterocycles. The van der Waals surface area contributed by atoms with Gasteiger partial charge in [-0.3, -0.25) is 9.10 Å². The first-order chi connectivity index (χ1) is 17.7. The van der Waals surface area contributed by atoms with Crippen LogP contribution < -0.4 is 9.62 Å². The van der Waals surface area contributed by atoms with Crippen LogP contribution in [0, 0.1) is 0 Å². The summed E-state index contributed by atoms with van der Waals surface area (Å²) >= 11 is 3.35. The van der Waals surface area contributed by atoms with E-state index < -0.39 is 32.5 Å².